The summed E-state index contributed by atoms with van der Waals surface area (Å²) >= 11 is 6.84. The summed E-state index contributed by atoms with van der Waals surface area (Å²) in [6.45, 7) is 0. The fraction of sp³-hybridized carbons (Fsp3) is 0.579. The van der Waals surface area contributed by atoms with Crippen molar-refractivity contribution in [2.45, 2.75) is 37.0 Å². The monoisotopic (exact) mass is 334 g/mol. The van der Waals surface area contributed by atoms with Crippen LogP contribution >= 0.6 is 11.6 Å². The van der Waals surface area contributed by atoms with Crippen molar-refractivity contribution in [3.05, 3.63) is 29.3 Å². The molecule has 0 amide bonds. The van der Waals surface area contributed by atoms with Gasteiger partial charge in [-0.2, -0.15) is 0 Å². The molecule has 4 fully saturated rings. The quantitative estimate of drug-likeness (QED) is 0.649. The maximum absolute atomic E-state index is 9.98. The molecule has 0 heterocycles. The molecule has 1 N–H and O–H groups in total. The fourth-order valence-corrected chi connectivity index (χ4v) is 5.89. The van der Waals surface area contributed by atoms with Gasteiger partial charge in [0.25, 0.3) is 0 Å². The van der Waals surface area contributed by atoms with Crippen LogP contribution in [0.2, 0.25) is 0 Å². The first-order valence-corrected chi connectivity index (χ1v) is 8.74. The molecule has 0 saturated heterocycles. The Morgan fingerprint density at radius 2 is 1.83 bits per heavy atom. The molecule has 23 heavy (non-hydrogen) atoms. The van der Waals surface area contributed by atoms with E-state index in [0.29, 0.717) is 17.6 Å². The maximum Gasteiger partial charge on any atom is 0.126 e. The topological polar surface area (TPSA) is 38.7 Å². The van der Waals surface area contributed by atoms with E-state index < -0.39 is 0 Å². The van der Waals surface area contributed by atoms with Crippen LogP contribution in [0.15, 0.2) is 23.8 Å². The zero-order chi connectivity index (χ0) is 16.2. The van der Waals surface area contributed by atoms with Crippen molar-refractivity contribution in [3.8, 4) is 11.5 Å². The SMILES string of the molecule is COC(=C1C2CC3CC1CC(Cl)(C3)C2)c1cc(O)cc(OC)c1. The van der Waals surface area contributed by atoms with Gasteiger partial charge in [-0.05, 0) is 67.6 Å². The van der Waals surface area contributed by atoms with E-state index in [9.17, 15) is 5.11 Å². The normalized spacial score (nSPS) is 34.6. The Morgan fingerprint density at radius 1 is 1.13 bits per heavy atom. The van der Waals surface area contributed by atoms with E-state index in [4.69, 9.17) is 21.1 Å². The number of ether oxygens (including phenoxy) is 2. The maximum atomic E-state index is 9.98. The molecule has 0 aliphatic heterocycles. The van der Waals surface area contributed by atoms with Gasteiger partial charge in [0, 0.05) is 16.5 Å². The summed E-state index contributed by atoms with van der Waals surface area (Å²) in [5.74, 6) is 3.56. The van der Waals surface area contributed by atoms with Crippen LogP contribution in [0.25, 0.3) is 5.76 Å². The summed E-state index contributed by atoms with van der Waals surface area (Å²) < 4.78 is 11.1. The number of phenolic OH excluding ortho intramolecular Hbond substituents is 1. The predicted molar refractivity (Wildman–Crippen MR) is 90.7 cm³/mol. The second-order valence-electron chi connectivity index (χ2n) is 7.40. The molecule has 3 nitrogen and oxygen atoms in total. The van der Waals surface area contributed by atoms with Crippen LogP contribution < -0.4 is 4.74 Å². The Hall–Kier alpha value is -1.35. The van der Waals surface area contributed by atoms with Crippen LogP contribution in [0, 0.1) is 17.8 Å². The number of phenols is 1. The Balaban J connectivity index is 1.80. The minimum atomic E-state index is 0.00929. The van der Waals surface area contributed by atoms with E-state index in [1.807, 2.05) is 6.07 Å². The van der Waals surface area contributed by atoms with Gasteiger partial charge in [-0.3, -0.25) is 0 Å². The fourth-order valence-electron chi connectivity index (χ4n) is 5.30. The first-order chi connectivity index (χ1) is 11.0. The average Bonchev–Trinajstić information content (AvgIpc) is 2.48. The van der Waals surface area contributed by atoms with Gasteiger partial charge in [0.05, 0.1) is 14.2 Å². The van der Waals surface area contributed by atoms with Gasteiger partial charge < -0.3 is 14.6 Å². The van der Waals surface area contributed by atoms with Crippen molar-refractivity contribution < 1.29 is 14.6 Å². The summed E-state index contributed by atoms with van der Waals surface area (Å²) in [6, 6.07) is 5.31. The van der Waals surface area contributed by atoms with Crippen LogP contribution in [0.3, 0.4) is 0 Å². The third-order valence-electron chi connectivity index (χ3n) is 5.85. The molecular weight excluding hydrogens is 312 g/mol. The first-order valence-electron chi connectivity index (χ1n) is 8.37. The molecule has 4 bridgehead atoms. The molecule has 1 aromatic carbocycles. The highest BCUT2D eigenvalue weighted by Crippen LogP contribution is 2.61. The van der Waals surface area contributed by atoms with Crippen molar-refractivity contribution >= 4 is 17.4 Å². The van der Waals surface area contributed by atoms with Crippen molar-refractivity contribution in [2.24, 2.45) is 17.8 Å². The number of methoxy groups -OCH3 is 2. The lowest BCUT2D eigenvalue weighted by molar-refractivity contribution is 0.0843. The molecule has 2 unspecified atom stereocenters. The minimum Gasteiger partial charge on any atom is -0.508 e. The lowest BCUT2D eigenvalue weighted by atomic mass is 9.53. The number of alkyl halides is 1. The highest BCUT2D eigenvalue weighted by atomic mass is 35.5. The molecule has 124 valence electrons. The van der Waals surface area contributed by atoms with Crippen molar-refractivity contribution in [1.29, 1.82) is 0 Å². The zero-order valence-corrected chi connectivity index (χ0v) is 14.4. The van der Waals surface area contributed by atoms with E-state index in [1.165, 1.54) is 24.8 Å². The molecular formula is C19H23ClO3. The molecule has 4 aliphatic carbocycles. The number of rotatable bonds is 3. The standard InChI is InChI=1S/C19H23ClO3/c1-22-16-6-12(5-15(21)7-16)18(23-2)17-13-3-11-4-14(17)10-19(20,8-11)9-13/h5-7,11,13-14,21H,3-4,8-10H2,1-2H3. The number of aromatic hydroxyl groups is 1. The van der Waals surface area contributed by atoms with Crippen LogP contribution in [-0.4, -0.2) is 24.2 Å². The predicted octanol–water partition coefficient (Wildman–Crippen LogP) is 4.58. The number of benzene rings is 1. The van der Waals surface area contributed by atoms with E-state index >= 15 is 0 Å². The van der Waals surface area contributed by atoms with Gasteiger partial charge >= 0.3 is 0 Å². The molecule has 0 aromatic heterocycles. The molecule has 1 aromatic rings. The molecule has 0 spiro atoms. The largest absolute Gasteiger partial charge is 0.508 e. The Morgan fingerprint density at radius 3 is 2.39 bits per heavy atom. The molecule has 4 aliphatic rings. The highest BCUT2D eigenvalue weighted by Gasteiger charge is 2.53. The first kappa shape index (κ1) is 15.2. The van der Waals surface area contributed by atoms with Gasteiger partial charge in [-0.1, -0.05) is 0 Å². The average molecular weight is 335 g/mol. The lowest BCUT2D eigenvalue weighted by Crippen LogP contribution is -2.48. The third kappa shape index (κ3) is 2.50. The van der Waals surface area contributed by atoms with E-state index in [0.717, 1.165) is 30.1 Å². The van der Waals surface area contributed by atoms with Crippen LogP contribution in [0.1, 0.15) is 37.7 Å². The van der Waals surface area contributed by atoms with Gasteiger partial charge in [0.15, 0.2) is 0 Å². The smallest absolute Gasteiger partial charge is 0.126 e. The Kier molecular flexibility index (Phi) is 3.53. The van der Waals surface area contributed by atoms with Gasteiger partial charge in [0.2, 0.25) is 0 Å². The van der Waals surface area contributed by atoms with E-state index in [1.54, 1.807) is 26.4 Å². The van der Waals surface area contributed by atoms with Crippen LogP contribution in [0.5, 0.6) is 11.5 Å². The van der Waals surface area contributed by atoms with Crippen LogP contribution in [0.4, 0.5) is 0 Å². The third-order valence-corrected chi connectivity index (χ3v) is 6.31. The van der Waals surface area contributed by atoms with Gasteiger partial charge in [-0.15, -0.1) is 11.6 Å². The summed E-state index contributed by atoms with van der Waals surface area (Å²) in [5, 5.41) is 9.98. The van der Waals surface area contributed by atoms with Gasteiger partial charge in [-0.25, -0.2) is 0 Å². The number of halogens is 1. The summed E-state index contributed by atoms with van der Waals surface area (Å²) in [7, 11) is 3.33. The Bertz CT molecular complexity index is 649. The van der Waals surface area contributed by atoms with Crippen molar-refractivity contribution in [2.75, 3.05) is 14.2 Å². The van der Waals surface area contributed by atoms with Crippen molar-refractivity contribution in [1.82, 2.24) is 0 Å². The minimum absolute atomic E-state index is 0.00929. The van der Waals surface area contributed by atoms with Gasteiger partial charge in [0.1, 0.15) is 17.3 Å². The highest BCUT2D eigenvalue weighted by molar-refractivity contribution is 6.24. The molecule has 4 saturated carbocycles. The number of hydrogen-bond acceptors (Lipinski definition) is 3. The second-order valence-corrected chi connectivity index (χ2v) is 8.20. The number of allylic oxidation sites excluding steroid dienone is 1. The summed E-state index contributed by atoms with van der Waals surface area (Å²) in [6.07, 6.45) is 5.74. The lowest BCUT2D eigenvalue weighted by Gasteiger charge is -2.55. The molecule has 4 heteroatoms. The van der Waals surface area contributed by atoms with E-state index in [2.05, 4.69) is 0 Å². The summed E-state index contributed by atoms with van der Waals surface area (Å²) in [5.41, 5.74) is 2.31. The number of hydrogen-bond donors (Lipinski definition) is 1. The summed E-state index contributed by atoms with van der Waals surface area (Å²) in [4.78, 5) is 0.00929. The molecule has 5 rings (SSSR count). The van der Waals surface area contributed by atoms with E-state index in [-0.39, 0.29) is 10.6 Å². The molecule has 0 radical (unpaired) electrons. The van der Waals surface area contributed by atoms with Crippen LogP contribution in [-0.2, 0) is 4.74 Å². The zero-order valence-electron chi connectivity index (χ0n) is 13.6. The second kappa shape index (κ2) is 5.34. The molecule has 2 atom stereocenters. The van der Waals surface area contributed by atoms with Crippen molar-refractivity contribution in [3.63, 3.8) is 0 Å². The Labute approximate surface area is 142 Å².